The number of hydrogen-bond acceptors (Lipinski definition) is 4. The standard InChI is InChI=1S/C23H25N3O/c1-17-7-9-18(10-8-17)21-5-4-16-25-23(21)27-20-13-11-19(12-14-20)26-22-6-2-3-15-24-22/h2-6,11-18H,7-10H2,1H3,(H,24,26)/t17-,18-. The van der Waals surface area contributed by atoms with Crippen LogP contribution in [0.3, 0.4) is 0 Å². The van der Waals surface area contributed by atoms with Gasteiger partial charge in [0.1, 0.15) is 11.6 Å². The lowest BCUT2D eigenvalue weighted by molar-refractivity contribution is 0.339. The predicted molar refractivity (Wildman–Crippen MR) is 109 cm³/mol. The molecule has 1 N–H and O–H groups in total. The number of pyridine rings is 2. The van der Waals surface area contributed by atoms with Crippen LogP contribution in [0, 0.1) is 5.92 Å². The largest absolute Gasteiger partial charge is 0.439 e. The Morgan fingerprint density at radius 2 is 1.63 bits per heavy atom. The number of hydrogen-bond donors (Lipinski definition) is 1. The summed E-state index contributed by atoms with van der Waals surface area (Å²) >= 11 is 0. The maximum atomic E-state index is 6.14. The number of ether oxygens (including phenoxy) is 1. The Kier molecular flexibility index (Phi) is 5.33. The molecule has 3 aromatic rings. The predicted octanol–water partition coefficient (Wildman–Crippen LogP) is 6.31. The van der Waals surface area contributed by atoms with Crippen LogP contribution >= 0.6 is 0 Å². The highest BCUT2D eigenvalue weighted by Gasteiger charge is 2.23. The van der Waals surface area contributed by atoms with E-state index in [1.165, 1.54) is 31.2 Å². The van der Waals surface area contributed by atoms with Gasteiger partial charge in [0.25, 0.3) is 0 Å². The smallest absolute Gasteiger partial charge is 0.222 e. The molecule has 0 radical (unpaired) electrons. The van der Waals surface area contributed by atoms with Gasteiger partial charge in [-0.15, -0.1) is 0 Å². The molecule has 2 aromatic heterocycles. The van der Waals surface area contributed by atoms with Gasteiger partial charge in [0.2, 0.25) is 5.88 Å². The summed E-state index contributed by atoms with van der Waals surface area (Å²) in [5.74, 6) is 3.74. The molecule has 0 bridgehead atoms. The van der Waals surface area contributed by atoms with Crippen LogP contribution < -0.4 is 10.1 Å². The summed E-state index contributed by atoms with van der Waals surface area (Å²) in [6.45, 7) is 2.34. The number of nitrogens with one attached hydrogen (secondary N) is 1. The molecule has 1 aliphatic carbocycles. The fourth-order valence-corrected chi connectivity index (χ4v) is 3.67. The van der Waals surface area contributed by atoms with E-state index in [2.05, 4.69) is 28.3 Å². The molecule has 0 unspecified atom stereocenters. The lowest BCUT2D eigenvalue weighted by Gasteiger charge is -2.27. The summed E-state index contributed by atoms with van der Waals surface area (Å²) < 4.78 is 6.14. The van der Waals surface area contributed by atoms with Crippen molar-refractivity contribution in [3.63, 3.8) is 0 Å². The molecule has 0 spiro atoms. The fraction of sp³-hybridized carbons (Fsp3) is 0.304. The van der Waals surface area contributed by atoms with Gasteiger partial charge in [0, 0.05) is 23.6 Å². The molecule has 0 amide bonds. The average molecular weight is 359 g/mol. The van der Waals surface area contributed by atoms with Crippen LogP contribution in [0.15, 0.2) is 67.0 Å². The minimum Gasteiger partial charge on any atom is -0.439 e. The molecule has 1 aliphatic rings. The van der Waals surface area contributed by atoms with E-state index >= 15 is 0 Å². The van der Waals surface area contributed by atoms with Crippen molar-refractivity contribution in [3.05, 3.63) is 72.6 Å². The Labute approximate surface area is 160 Å². The quantitative estimate of drug-likeness (QED) is 0.580. The van der Waals surface area contributed by atoms with Gasteiger partial charge in [0.15, 0.2) is 0 Å². The van der Waals surface area contributed by atoms with Crippen LogP contribution in [-0.2, 0) is 0 Å². The topological polar surface area (TPSA) is 47.0 Å². The Morgan fingerprint density at radius 3 is 2.37 bits per heavy atom. The molecule has 27 heavy (non-hydrogen) atoms. The van der Waals surface area contributed by atoms with E-state index in [1.54, 1.807) is 12.4 Å². The third-order valence-corrected chi connectivity index (χ3v) is 5.26. The van der Waals surface area contributed by atoms with Crippen molar-refractivity contribution in [3.8, 4) is 11.6 Å². The molecule has 1 aromatic carbocycles. The number of anilines is 2. The molecule has 2 heterocycles. The molecule has 138 valence electrons. The molecular formula is C23H25N3O. The van der Waals surface area contributed by atoms with Crippen LogP contribution in [0.4, 0.5) is 11.5 Å². The molecule has 0 aliphatic heterocycles. The van der Waals surface area contributed by atoms with Crippen LogP contribution in [-0.4, -0.2) is 9.97 Å². The Balaban J connectivity index is 1.46. The SMILES string of the molecule is C[C@H]1CC[C@H](c2cccnc2Oc2ccc(Nc3ccccn3)cc2)CC1. The van der Waals surface area contributed by atoms with Gasteiger partial charge in [-0.1, -0.05) is 31.9 Å². The van der Waals surface area contributed by atoms with Gasteiger partial charge in [-0.25, -0.2) is 9.97 Å². The van der Waals surface area contributed by atoms with E-state index in [4.69, 9.17) is 4.74 Å². The lowest BCUT2D eigenvalue weighted by atomic mass is 9.80. The summed E-state index contributed by atoms with van der Waals surface area (Å²) in [7, 11) is 0. The minimum absolute atomic E-state index is 0.551. The normalized spacial score (nSPS) is 19.4. The van der Waals surface area contributed by atoms with Crippen LogP contribution in [0.25, 0.3) is 0 Å². The van der Waals surface area contributed by atoms with Gasteiger partial charge in [-0.05, 0) is 67.1 Å². The third-order valence-electron chi connectivity index (χ3n) is 5.26. The number of aromatic nitrogens is 2. The molecule has 4 heteroatoms. The molecule has 1 saturated carbocycles. The maximum Gasteiger partial charge on any atom is 0.222 e. The van der Waals surface area contributed by atoms with Crippen molar-refractivity contribution in [1.29, 1.82) is 0 Å². The van der Waals surface area contributed by atoms with Crippen LogP contribution in [0.1, 0.15) is 44.1 Å². The summed E-state index contributed by atoms with van der Waals surface area (Å²) in [5.41, 5.74) is 2.21. The average Bonchev–Trinajstić information content (AvgIpc) is 2.71. The molecule has 4 nitrogen and oxygen atoms in total. The van der Waals surface area contributed by atoms with Gasteiger partial charge in [-0.2, -0.15) is 0 Å². The highest BCUT2D eigenvalue weighted by Crippen LogP contribution is 2.39. The number of benzene rings is 1. The summed E-state index contributed by atoms with van der Waals surface area (Å²) in [5, 5.41) is 3.28. The Morgan fingerprint density at radius 1 is 0.852 bits per heavy atom. The first-order valence-electron chi connectivity index (χ1n) is 9.69. The van der Waals surface area contributed by atoms with E-state index in [1.807, 2.05) is 48.5 Å². The number of rotatable bonds is 5. The van der Waals surface area contributed by atoms with Crippen molar-refractivity contribution in [1.82, 2.24) is 9.97 Å². The second-order valence-corrected chi connectivity index (χ2v) is 7.32. The molecule has 4 rings (SSSR count). The van der Waals surface area contributed by atoms with Gasteiger partial charge < -0.3 is 10.1 Å². The summed E-state index contributed by atoms with van der Waals surface area (Å²) in [4.78, 5) is 8.79. The second-order valence-electron chi connectivity index (χ2n) is 7.32. The first kappa shape index (κ1) is 17.5. The summed E-state index contributed by atoms with van der Waals surface area (Å²) in [6, 6.07) is 17.9. The minimum atomic E-state index is 0.551. The first-order chi connectivity index (χ1) is 13.3. The molecule has 0 saturated heterocycles. The van der Waals surface area contributed by atoms with E-state index in [0.29, 0.717) is 5.92 Å². The first-order valence-corrected chi connectivity index (χ1v) is 9.69. The van der Waals surface area contributed by atoms with Gasteiger partial charge in [-0.3, -0.25) is 0 Å². The van der Waals surface area contributed by atoms with E-state index in [0.717, 1.165) is 29.1 Å². The van der Waals surface area contributed by atoms with E-state index in [9.17, 15) is 0 Å². The third kappa shape index (κ3) is 4.45. The highest BCUT2D eigenvalue weighted by molar-refractivity contribution is 5.57. The van der Waals surface area contributed by atoms with Crippen molar-refractivity contribution in [2.75, 3.05) is 5.32 Å². The van der Waals surface area contributed by atoms with E-state index in [-0.39, 0.29) is 0 Å². The van der Waals surface area contributed by atoms with Gasteiger partial charge in [0.05, 0.1) is 0 Å². The summed E-state index contributed by atoms with van der Waals surface area (Å²) in [6.07, 6.45) is 8.59. The van der Waals surface area contributed by atoms with Crippen molar-refractivity contribution in [2.24, 2.45) is 5.92 Å². The Bertz CT molecular complexity index is 856. The monoisotopic (exact) mass is 359 g/mol. The lowest BCUT2D eigenvalue weighted by Crippen LogP contribution is -2.12. The second kappa shape index (κ2) is 8.21. The van der Waals surface area contributed by atoms with Crippen molar-refractivity contribution in [2.45, 2.75) is 38.5 Å². The Hall–Kier alpha value is -2.88. The molecule has 0 atom stereocenters. The van der Waals surface area contributed by atoms with Crippen molar-refractivity contribution >= 4 is 11.5 Å². The fourth-order valence-electron chi connectivity index (χ4n) is 3.67. The van der Waals surface area contributed by atoms with Crippen molar-refractivity contribution < 1.29 is 4.74 Å². The highest BCUT2D eigenvalue weighted by atomic mass is 16.5. The van der Waals surface area contributed by atoms with Gasteiger partial charge >= 0.3 is 0 Å². The van der Waals surface area contributed by atoms with Crippen LogP contribution in [0.5, 0.6) is 11.6 Å². The zero-order chi connectivity index (χ0) is 18.5. The molecule has 1 fully saturated rings. The molecular weight excluding hydrogens is 334 g/mol. The zero-order valence-electron chi connectivity index (χ0n) is 15.6. The van der Waals surface area contributed by atoms with Crippen LogP contribution in [0.2, 0.25) is 0 Å². The zero-order valence-corrected chi connectivity index (χ0v) is 15.6. The van der Waals surface area contributed by atoms with E-state index < -0.39 is 0 Å². The maximum absolute atomic E-state index is 6.14. The number of nitrogens with zero attached hydrogens (tertiary/aromatic N) is 2.